The Balaban J connectivity index is 1.67. The number of hydrogen-bond acceptors (Lipinski definition) is 4. The van der Waals surface area contributed by atoms with E-state index in [2.05, 4.69) is 9.71 Å². The largest absolute Gasteiger partial charge is 0.507 e. The minimum atomic E-state index is -3.98. The van der Waals surface area contributed by atoms with Gasteiger partial charge >= 0.3 is 0 Å². The highest BCUT2D eigenvalue weighted by molar-refractivity contribution is 7.92. The van der Waals surface area contributed by atoms with Crippen LogP contribution < -0.4 is 10.5 Å². The number of carbonyl (C=O) groups excluding carboxylic acids is 1. The lowest BCUT2D eigenvalue weighted by molar-refractivity contribution is 0.0997. The lowest BCUT2D eigenvalue weighted by Crippen LogP contribution is -2.16. The van der Waals surface area contributed by atoms with Crippen LogP contribution in [-0.2, 0) is 10.0 Å². The molecular weight excluding hydrogens is 390 g/mol. The van der Waals surface area contributed by atoms with E-state index in [0.29, 0.717) is 5.69 Å². The molecule has 0 fully saturated rings. The van der Waals surface area contributed by atoms with Crippen molar-refractivity contribution in [3.63, 3.8) is 0 Å². The molecule has 1 amide bonds. The molecule has 0 unspecified atom stereocenters. The molecule has 7 nitrogen and oxygen atoms in total. The van der Waals surface area contributed by atoms with E-state index in [1.165, 1.54) is 6.07 Å². The summed E-state index contributed by atoms with van der Waals surface area (Å²) in [5, 5.41) is 10.6. The first-order valence-corrected chi connectivity index (χ1v) is 10.2. The maximum Gasteiger partial charge on any atom is 0.261 e. The Morgan fingerprint density at radius 1 is 0.966 bits per heavy atom. The summed E-state index contributed by atoms with van der Waals surface area (Å²) >= 11 is 0. The van der Waals surface area contributed by atoms with Gasteiger partial charge in [0.15, 0.2) is 0 Å². The molecule has 8 heteroatoms. The quantitative estimate of drug-likeness (QED) is 0.404. The summed E-state index contributed by atoms with van der Waals surface area (Å²) in [7, 11) is -3.98. The molecule has 3 aromatic carbocycles. The molecular formula is C21H17N3O4S. The van der Waals surface area contributed by atoms with E-state index in [1.54, 1.807) is 12.1 Å². The van der Waals surface area contributed by atoms with Gasteiger partial charge < -0.3 is 15.8 Å². The molecule has 29 heavy (non-hydrogen) atoms. The van der Waals surface area contributed by atoms with Crippen molar-refractivity contribution in [3.8, 4) is 17.0 Å². The average molecular weight is 407 g/mol. The van der Waals surface area contributed by atoms with E-state index < -0.39 is 15.9 Å². The van der Waals surface area contributed by atoms with Gasteiger partial charge in [-0.3, -0.25) is 9.52 Å². The van der Waals surface area contributed by atoms with E-state index in [-0.39, 0.29) is 16.2 Å². The van der Waals surface area contributed by atoms with Crippen LogP contribution >= 0.6 is 0 Å². The molecule has 0 aliphatic heterocycles. The third-order valence-corrected chi connectivity index (χ3v) is 5.88. The van der Waals surface area contributed by atoms with Gasteiger partial charge in [0.2, 0.25) is 0 Å². The van der Waals surface area contributed by atoms with Crippen LogP contribution in [0.3, 0.4) is 0 Å². The molecule has 0 aliphatic rings. The lowest BCUT2D eigenvalue weighted by Gasteiger charge is -2.10. The van der Waals surface area contributed by atoms with Crippen molar-refractivity contribution in [2.24, 2.45) is 5.73 Å². The number of nitrogens with two attached hydrogens (primary N) is 1. The number of fused-ring (bicyclic) bond motifs is 1. The lowest BCUT2D eigenvalue weighted by atomic mass is 10.1. The summed E-state index contributed by atoms with van der Waals surface area (Å²) in [4.78, 5) is 14.5. The van der Waals surface area contributed by atoms with Crippen LogP contribution in [0, 0.1) is 0 Å². The average Bonchev–Trinajstić information content (AvgIpc) is 3.11. The van der Waals surface area contributed by atoms with Crippen molar-refractivity contribution >= 4 is 32.5 Å². The number of phenols is 1. The first-order chi connectivity index (χ1) is 13.8. The number of benzene rings is 3. The van der Waals surface area contributed by atoms with Gasteiger partial charge in [-0.05, 0) is 42.0 Å². The number of rotatable bonds is 5. The number of amides is 1. The molecule has 0 bridgehead atoms. The van der Waals surface area contributed by atoms with Crippen LogP contribution in [0.25, 0.3) is 22.2 Å². The number of H-pyrrole nitrogens is 1. The van der Waals surface area contributed by atoms with Gasteiger partial charge in [0.05, 0.1) is 16.1 Å². The second-order valence-corrected chi connectivity index (χ2v) is 8.18. The van der Waals surface area contributed by atoms with Crippen molar-refractivity contribution < 1.29 is 18.3 Å². The van der Waals surface area contributed by atoms with Crippen molar-refractivity contribution in [2.45, 2.75) is 4.90 Å². The van der Waals surface area contributed by atoms with Crippen molar-refractivity contribution in [1.82, 2.24) is 4.98 Å². The fourth-order valence-corrected chi connectivity index (χ4v) is 4.13. The normalized spacial score (nSPS) is 11.4. The Kier molecular flexibility index (Phi) is 4.48. The number of aromatic amines is 1. The number of anilines is 1. The Morgan fingerprint density at radius 3 is 2.45 bits per heavy atom. The number of carbonyl (C=O) groups is 1. The zero-order valence-corrected chi connectivity index (χ0v) is 15.9. The zero-order chi connectivity index (χ0) is 20.6. The topological polar surface area (TPSA) is 125 Å². The highest BCUT2D eigenvalue weighted by atomic mass is 32.2. The molecule has 5 N–H and O–H groups in total. The number of aromatic hydroxyl groups is 1. The summed E-state index contributed by atoms with van der Waals surface area (Å²) in [6.45, 7) is 0. The molecule has 1 heterocycles. The van der Waals surface area contributed by atoms with E-state index in [4.69, 9.17) is 5.73 Å². The first kappa shape index (κ1) is 18.6. The van der Waals surface area contributed by atoms with Crippen LogP contribution in [0.15, 0.2) is 77.7 Å². The summed E-state index contributed by atoms with van der Waals surface area (Å²) in [6, 6.07) is 20.3. The molecule has 0 saturated carbocycles. The minimum absolute atomic E-state index is 0.180. The van der Waals surface area contributed by atoms with Gasteiger partial charge in [0, 0.05) is 16.6 Å². The van der Waals surface area contributed by atoms with Crippen LogP contribution in [0.2, 0.25) is 0 Å². The summed E-state index contributed by atoms with van der Waals surface area (Å²) in [5.74, 6) is -1.29. The molecule has 4 rings (SSSR count). The molecule has 1 aromatic heterocycles. The fraction of sp³-hybridized carbons (Fsp3) is 0. The van der Waals surface area contributed by atoms with Gasteiger partial charge in [-0.15, -0.1) is 0 Å². The summed E-state index contributed by atoms with van der Waals surface area (Å²) in [5.41, 5.74) is 7.98. The fourth-order valence-electron chi connectivity index (χ4n) is 3.06. The second-order valence-electron chi connectivity index (χ2n) is 6.50. The highest BCUT2D eigenvalue weighted by Crippen LogP contribution is 2.28. The van der Waals surface area contributed by atoms with E-state index in [1.807, 2.05) is 42.5 Å². The first-order valence-electron chi connectivity index (χ1n) is 8.67. The maximum atomic E-state index is 12.7. The number of aromatic nitrogens is 1. The smallest absolute Gasteiger partial charge is 0.261 e. The number of nitrogens with one attached hydrogen (secondary N) is 2. The van der Waals surface area contributed by atoms with Gasteiger partial charge in [-0.1, -0.05) is 36.4 Å². The van der Waals surface area contributed by atoms with E-state index in [9.17, 15) is 18.3 Å². The van der Waals surface area contributed by atoms with Crippen LogP contribution in [-0.4, -0.2) is 24.4 Å². The molecule has 0 radical (unpaired) electrons. The molecule has 4 aromatic rings. The Labute approximate surface area is 166 Å². The standard InChI is InChI=1S/C21H17N3O4S/c22-21(26)17-12-16(8-9-20(17)25)29(27,28)24-15-7-6-14-10-18(23-19(14)11-15)13-4-2-1-3-5-13/h1-12,23-25H,(H2,22,26). The van der Waals surface area contributed by atoms with E-state index in [0.717, 1.165) is 34.3 Å². The monoisotopic (exact) mass is 407 g/mol. The van der Waals surface area contributed by atoms with Crippen LogP contribution in [0.4, 0.5) is 5.69 Å². The number of primary amides is 1. The Hall–Kier alpha value is -3.78. The second kappa shape index (κ2) is 6.99. The van der Waals surface area contributed by atoms with Crippen LogP contribution in [0.1, 0.15) is 10.4 Å². The maximum absolute atomic E-state index is 12.7. The highest BCUT2D eigenvalue weighted by Gasteiger charge is 2.18. The van der Waals surface area contributed by atoms with Crippen LogP contribution in [0.5, 0.6) is 5.75 Å². The molecule has 0 aliphatic carbocycles. The third kappa shape index (κ3) is 3.65. The molecule has 0 spiro atoms. The Morgan fingerprint density at radius 2 is 1.72 bits per heavy atom. The predicted octanol–water partition coefficient (Wildman–Crippen LogP) is 3.44. The van der Waals surface area contributed by atoms with Gasteiger partial charge in [-0.25, -0.2) is 8.42 Å². The zero-order valence-electron chi connectivity index (χ0n) is 15.1. The predicted molar refractivity (Wildman–Crippen MR) is 111 cm³/mol. The van der Waals surface area contributed by atoms with Crippen molar-refractivity contribution in [2.75, 3.05) is 4.72 Å². The van der Waals surface area contributed by atoms with Gasteiger partial charge in [0.1, 0.15) is 5.75 Å². The van der Waals surface area contributed by atoms with Gasteiger partial charge in [0.25, 0.3) is 15.9 Å². The molecule has 0 saturated heterocycles. The minimum Gasteiger partial charge on any atom is -0.507 e. The SMILES string of the molecule is NC(=O)c1cc(S(=O)(=O)Nc2ccc3cc(-c4ccccc4)[nH]c3c2)ccc1O. The molecule has 146 valence electrons. The van der Waals surface area contributed by atoms with Crippen molar-refractivity contribution in [3.05, 3.63) is 78.4 Å². The summed E-state index contributed by atoms with van der Waals surface area (Å²) in [6.07, 6.45) is 0. The van der Waals surface area contributed by atoms with Crippen molar-refractivity contribution in [1.29, 1.82) is 0 Å². The molecule has 0 atom stereocenters. The number of sulfonamides is 1. The van der Waals surface area contributed by atoms with E-state index >= 15 is 0 Å². The number of hydrogen-bond donors (Lipinski definition) is 4. The summed E-state index contributed by atoms with van der Waals surface area (Å²) < 4.78 is 27.9. The third-order valence-electron chi connectivity index (χ3n) is 4.50. The van der Waals surface area contributed by atoms with Gasteiger partial charge in [-0.2, -0.15) is 0 Å². The Bertz CT molecular complexity index is 1330.